The number of nitrogens with one attached hydrogen (secondary N) is 2. The molecular weight excluding hydrogens is 284 g/mol. The van der Waals surface area contributed by atoms with Crippen LogP contribution in [0.25, 0.3) is 10.9 Å². The van der Waals surface area contributed by atoms with Crippen LogP contribution in [0.2, 0.25) is 5.02 Å². The van der Waals surface area contributed by atoms with Gasteiger partial charge in [0.2, 0.25) is 0 Å². The molecule has 0 aliphatic carbocycles. The summed E-state index contributed by atoms with van der Waals surface area (Å²) in [6.45, 7) is 0.580. The Morgan fingerprint density at radius 3 is 2.86 bits per heavy atom. The van der Waals surface area contributed by atoms with Crippen LogP contribution in [0.5, 0.6) is 0 Å². The minimum absolute atomic E-state index is 0.137. The maximum atomic E-state index is 12.0. The van der Waals surface area contributed by atoms with Crippen LogP contribution in [0.4, 0.5) is 0 Å². The molecule has 1 amide bonds. The Bertz CT molecular complexity index is 779. The number of amides is 1. The van der Waals surface area contributed by atoms with Crippen molar-refractivity contribution in [3.63, 3.8) is 0 Å². The predicted molar refractivity (Wildman–Crippen MR) is 85.8 cm³/mol. The molecule has 3 aromatic rings. The van der Waals surface area contributed by atoms with Crippen LogP contribution in [0.3, 0.4) is 0 Å². The van der Waals surface area contributed by atoms with Gasteiger partial charge in [0.1, 0.15) is 0 Å². The molecular formula is C17H15ClN2O. The lowest BCUT2D eigenvalue weighted by atomic mass is 10.1. The number of aromatic amines is 1. The summed E-state index contributed by atoms with van der Waals surface area (Å²) in [5.41, 5.74) is 2.81. The van der Waals surface area contributed by atoms with Crippen molar-refractivity contribution in [3.05, 3.63) is 70.9 Å². The number of carbonyl (C=O) groups excluding carboxylic acids is 1. The number of hydrogen-bond acceptors (Lipinski definition) is 1. The van der Waals surface area contributed by atoms with E-state index in [0.29, 0.717) is 17.1 Å². The molecule has 106 valence electrons. The zero-order chi connectivity index (χ0) is 14.7. The topological polar surface area (TPSA) is 44.9 Å². The number of carbonyl (C=O) groups is 1. The predicted octanol–water partition coefficient (Wildman–Crippen LogP) is 3.79. The van der Waals surface area contributed by atoms with Crippen LogP contribution in [-0.4, -0.2) is 17.4 Å². The van der Waals surface area contributed by atoms with E-state index in [4.69, 9.17) is 11.6 Å². The third-order valence-corrected chi connectivity index (χ3v) is 3.77. The quantitative estimate of drug-likeness (QED) is 0.756. The van der Waals surface area contributed by atoms with Crippen LogP contribution in [0.15, 0.2) is 54.7 Å². The van der Waals surface area contributed by atoms with E-state index in [0.717, 1.165) is 11.9 Å². The van der Waals surface area contributed by atoms with E-state index in [9.17, 15) is 4.79 Å². The minimum atomic E-state index is -0.137. The molecule has 3 nitrogen and oxygen atoms in total. The van der Waals surface area contributed by atoms with Crippen molar-refractivity contribution in [2.45, 2.75) is 6.42 Å². The Balaban J connectivity index is 1.60. The van der Waals surface area contributed by atoms with Crippen molar-refractivity contribution in [2.24, 2.45) is 0 Å². The average Bonchev–Trinajstić information content (AvgIpc) is 2.95. The molecule has 1 heterocycles. The molecule has 0 fully saturated rings. The molecule has 0 aliphatic heterocycles. The molecule has 2 N–H and O–H groups in total. The lowest BCUT2D eigenvalue weighted by Gasteiger charge is -2.07. The van der Waals surface area contributed by atoms with Gasteiger partial charge < -0.3 is 10.3 Å². The van der Waals surface area contributed by atoms with E-state index < -0.39 is 0 Å². The first kappa shape index (κ1) is 13.7. The Morgan fingerprint density at radius 1 is 1.14 bits per heavy atom. The summed E-state index contributed by atoms with van der Waals surface area (Å²) in [7, 11) is 0. The number of fused-ring (bicyclic) bond motifs is 1. The third-order valence-electron chi connectivity index (χ3n) is 3.44. The fourth-order valence-corrected chi connectivity index (χ4v) is 2.53. The fraction of sp³-hybridized carbons (Fsp3) is 0.118. The average molecular weight is 299 g/mol. The number of hydrogen-bond donors (Lipinski definition) is 2. The monoisotopic (exact) mass is 298 g/mol. The molecule has 0 radical (unpaired) electrons. The van der Waals surface area contributed by atoms with Gasteiger partial charge in [-0.3, -0.25) is 4.79 Å². The summed E-state index contributed by atoms with van der Waals surface area (Å²) in [6.07, 6.45) is 2.71. The van der Waals surface area contributed by atoms with Gasteiger partial charge in [-0.2, -0.15) is 0 Å². The molecule has 3 rings (SSSR count). The largest absolute Gasteiger partial charge is 0.361 e. The second-order valence-corrected chi connectivity index (χ2v) is 5.29. The lowest BCUT2D eigenvalue weighted by Crippen LogP contribution is -2.25. The van der Waals surface area contributed by atoms with Crippen molar-refractivity contribution in [2.75, 3.05) is 6.54 Å². The van der Waals surface area contributed by atoms with E-state index in [2.05, 4.69) is 28.5 Å². The number of aromatic nitrogens is 1. The van der Waals surface area contributed by atoms with Crippen LogP contribution in [0, 0.1) is 0 Å². The van der Waals surface area contributed by atoms with Crippen molar-refractivity contribution in [1.82, 2.24) is 10.3 Å². The maximum Gasteiger partial charge on any atom is 0.252 e. The van der Waals surface area contributed by atoms with Crippen LogP contribution in [0.1, 0.15) is 15.9 Å². The van der Waals surface area contributed by atoms with Crippen molar-refractivity contribution in [1.29, 1.82) is 0 Å². The normalized spacial score (nSPS) is 10.7. The first-order chi connectivity index (χ1) is 10.2. The Morgan fingerprint density at radius 2 is 2.00 bits per heavy atom. The Hall–Kier alpha value is -2.26. The Labute approximate surface area is 127 Å². The molecule has 4 heteroatoms. The van der Waals surface area contributed by atoms with Gasteiger partial charge in [0, 0.05) is 18.3 Å². The SMILES string of the molecule is O=C(NCCc1ccc2cc[nH]c2c1)c1ccccc1Cl. The van der Waals surface area contributed by atoms with Gasteiger partial charge >= 0.3 is 0 Å². The minimum Gasteiger partial charge on any atom is -0.361 e. The van der Waals surface area contributed by atoms with Crippen molar-refractivity contribution < 1.29 is 4.79 Å². The molecule has 0 saturated carbocycles. The molecule has 21 heavy (non-hydrogen) atoms. The first-order valence-corrected chi connectivity index (χ1v) is 7.20. The first-order valence-electron chi connectivity index (χ1n) is 6.83. The van der Waals surface area contributed by atoms with E-state index in [1.54, 1.807) is 18.2 Å². The van der Waals surface area contributed by atoms with Gasteiger partial charge in [0.25, 0.3) is 5.91 Å². The highest BCUT2D eigenvalue weighted by atomic mass is 35.5. The highest BCUT2D eigenvalue weighted by Gasteiger charge is 2.08. The molecule has 0 bridgehead atoms. The second kappa shape index (κ2) is 6.02. The number of rotatable bonds is 4. The molecule has 1 aromatic heterocycles. The summed E-state index contributed by atoms with van der Waals surface area (Å²) in [4.78, 5) is 15.2. The van der Waals surface area contributed by atoms with Crippen LogP contribution in [-0.2, 0) is 6.42 Å². The molecule has 0 atom stereocenters. The summed E-state index contributed by atoms with van der Waals surface area (Å²) in [6, 6.07) is 15.4. The van der Waals surface area contributed by atoms with E-state index in [-0.39, 0.29) is 5.91 Å². The fourth-order valence-electron chi connectivity index (χ4n) is 2.31. The summed E-state index contributed by atoms with van der Waals surface area (Å²) < 4.78 is 0. The smallest absolute Gasteiger partial charge is 0.252 e. The third kappa shape index (κ3) is 3.09. The molecule has 2 aromatic carbocycles. The van der Waals surface area contributed by atoms with Crippen LogP contribution >= 0.6 is 11.6 Å². The van der Waals surface area contributed by atoms with E-state index in [1.807, 2.05) is 18.3 Å². The molecule has 0 aliphatic rings. The van der Waals surface area contributed by atoms with Gasteiger partial charge in [0.05, 0.1) is 10.6 Å². The van der Waals surface area contributed by atoms with E-state index >= 15 is 0 Å². The zero-order valence-corrected chi connectivity index (χ0v) is 12.2. The number of halogens is 1. The highest BCUT2D eigenvalue weighted by molar-refractivity contribution is 6.33. The van der Waals surface area contributed by atoms with Crippen molar-refractivity contribution in [3.8, 4) is 0 Å². The molecule has 0 spiro atoms. The van der Waals surface area contributed by atoms with E-state index in [1.165, 1.54) is 10.9 Å². The Kier molecular flexibility index (Phi) is 3.93. The molecule has 0 saturated heterocycles. The zero-order valence-electron chi connectivity index (χ0n) is 11.4. The summed E-state index contributed by atoms with van der Waals surface area (Å²) in [5.74, 6) is -0.137. The van der Waals surface area contributed by atoms with Gasteiger partial charge in [-0.05, 0) is 41.6 Å². The van der Waals surface area contributed by atoms with Crippen molar-refractivity contribution >= 4 is 28.4 Å². The molecule has 0 unspecified atom stereocenters. The lowest BCUT2D eigenvalue weighted by molar-refractivity contribution is 0.0954. The van der Waals surface area contributed by atoms with Gasteiger partial charge in [-0.15, -0.1) is 0 Å². The van der Waals surface area contributed by atoms with Gasteiger partial charge in [-0.1, -0.05) is 35.9 Å². The van der Waals surface area contributed by atoms with Gasteiger partial charge in [0.15, 0.2) is 0 Å². The van der Waals surface area contributed by atoms with Crippen LogP contribution < -0.4 is 5.32 Å². The second-order valence-electron chi connectivity index (χ2n) is 4.89. The maximum absolute atomic E-state index is 12.0. The van der Waals surface area contributed by atoms with Gasteiger partial charge in [-0.25, -0.2) is 0 Å². The standard InChI is InChI=1S/C17H15ClN2O/c18-15-4-2-1-3-14(15)17(21)20-9-7-12-5-6-13-8-10-19-16(13)11-12/h1-6,8,10-11,19H,7,9H2,(H,20,21). The summed E-state index contributed by atoms with van der Waals surface area (Å²) >= 11 is 6.00. The number of H-pyrrole nitrogens is 1. The summed E-state index contributed by atoms with van der Waals surface area (Å²) in [5, 5.41) is 4.56. The highest BCUT2D eigenvalue weighted by Crippen LogP contribution is 2.15. The number of benzene rings is 2.